The van der Waals surface area contributed by atoms with Gasteiger partial charge in [0.1, 0.15) is 5.50 Å². The van der Waals surface area contributed by atoms with E-state index in [2.05, 4.69) is 29.2 Å². The van der Waals surface area contributed by atoms with Gasteiger partial charge in [-0.05, 0) is 24.3 Å². The SMILES string of the molecule is NC1Sc2ccccc2N1c1ccccc1. The molecule has 2 N–H and O–H groups in total. The van der Waals surface area contributed by atoms with E-state index in [9.17, 15) is 0 Å². The molecule has 16 heavy (non-hydrogen) atoms. The van der Waals surface area contributed by atoms with Crippen LogP contribution in [0.25, 0.3) is 0 Å². The summed E-state index contributed by atoms with van der Waals surface area (Å²) in [7, 11) is 0. The molecule has 80 valence electrons. The van der Waals surface area contributed by atoms with Gasteiger partial charge in [0, 0.05) is 10.6 Å². The molecule has 1 aliphatic heterocycles. The van der Waals surface area contributed by atoms with Crippen molar-refractivity contribution in [3.63, 3.8) is 0 Å². The van der Waals surface area contributed by atoms with E-state index in [1.54, 1.807) is 11.8 Å². The number of para-hydroxylation sites is 2. The average Bonchev–Trinajstić information content (AvgIpc) is 2.66. The van der Waals surface area contributed by atoms with Gasteiger partial charge in [0.25, 0.3) is 0 Å². The molecule has 1 unspecified atom stereocenters. The Morgan fingerprint density at radius 2 is 1.62 bits per heavy atom. The minimum Gasteiger partial charge on any atom is -0.315 e. The van der Waals surface area contributed by atoms with Crippen LogP contribution in [0.3, 0.4) is 0 Å². The number of anilines is 2. The number of nitrogens with zero attached hydrogens (tertiary/aromatic N) is 1. The Morgan fingerprint density at radius 3 is 2.44 bits per heavy atom. The first-order valence-corrected chi connectivity index (χ1v) is 6.10. The molecule has 2 aromatic rings. The molecule has 1 atom stereocenters. The van der Waals surface area contributed by atoms with Crippen LogP contribution < -0.4 is 10.6 Å². The molecule has 0 amide bonds. The van der Waals surface area contributed by atoms with Gasteiger partial charge in [-0.15, -0.1) is 0 Å². The predicted octanol–water partition coefficient (Wildman–Crippen LogP) is 3.17. The number of rotatable bonds is 1. The molecule has 0 spiro atoms. The number of hydrogen-bond acceptors (Lipinski definition) is 3. The van der Waals surface area contributed by atoms with Crippen molar-refractivity contribution in [1.29, 1.82) is 0 Å². The molecule has 0 fully saturated rings. The first kappa shape index (κ1) is 9.75. The summed E-state index contributed by atoms with van der Waals surface area (Å²) in [6.45, 7) is 0. The zero-order chi connectivity index (χ0) is 11.0. The fourth-order valence-corrected chi connectivity index (χ4v) is 3.00. The van der Waals surface area contributed by atoms with Crippen LogP contribution >= 0.6 is 11.8 Å². The lowest BCUT2D eigenvalue weighted by molar-refractivity contribution is 0.933. The van der Waals surface area contributed by atoms with Crippen molar-refractivity contribution in [2.24, 2.45) is 5.73 Å². The van der Waals surface area contributed by atoms with Crippen LogP contribution in [-0.2, 0) is 0 Å². The molecule has 0 aliphatic carbocycles. The highest BCUT2D eigenvalue weighted by Gasteiger charge is 2.27. The zero-order valence-corrected chi connectivity index (χ0v) is 9.52. The Balaban J connectivity index is 2.09. The van der Waals surface area contributed by atoms with E-state index in [1.807, 2.05) is 30.3 Å². The summed E-state index contributed by atoms with van der Waals surface area (Å²) >= 11 is 1.70. The van der Waals surface area contributed by atoms with Gasteiger partial charge in [-0.3, -0.25) is 0 Å². The van der Waals surface area contributed by atoms with Crippen LogP contribution in [0, 0.1) is 0 Å². The summed E-state index contributed by atoms with van der Waals surface area (Å²) in [6.07, 6.45) is 0. The van der Waals surface area contributed by atoms with Crippen molar-refractivity contribution in [3.8, 4) is 0 Å². The highest BCUT2D eigenvalue weighted by Crippen LogP contribution is 2.44. The van der Waals surface area contributed by atoms with Crippen molar-refractivity contribution in [1.82, 2.24) is 0 Å². The number of thioether (sulfide) groups is 1. The van der Waals surface area contributed by atoms with Gasteiger partial charge < -0.3 is 10.6 Å². The Hall–Kier alpha value is -1.45. The Kier molecular flexibility index (Phi) is 2.35. The van der Waals surface area contributed by atoms with E-state index in [4.69, 9.17) is 5.73 Å². The monoisotopic (exact) mass is 228 g/mol. The Labute approximate surface area is 99.1 Å². The maximum absolute atomic E-state index is 6.15. The van der Waals surface area contributed by atoms with E-state index >= 15 is 0 Å². The van der Waals surface area contributed by atoms with E-state index < -0.39 is 0 Å². The third kappa shape index (κ3) is 1.49. The van der Waals surface area contributed by atoms with Crippen LogP contribution in [0.2, 0.25) is 0 Å². The third-order valence-electron chi connectivity index (χ3n) is 2.66. The maximum Gasteiger partial charge on any atom is 0.134 e. The normalized spacial score (nSPS) is 18.6. The summed E-state index contributed by atoms with van der Waals surface area (Å²) in [5.41, 5.74) is 8.47. The fourth-order valence-electron chi connectivity index (χ4n) is 1.95. The Bertz CT molecular complexity index is 498. The van der Waals surface area contributed by atoms with E-state index in [0.29, 0.717) is 0 Å². The Morgan fingerprint density at radius 1 is 0.938 bits per heavy atom. The van der Waals surface area contributed by atoms with Gasteiger partial charge in [0.05, 0.1) is 5.69 Å². The third-order valence-corrected chi connectivity index (χ3v) is 3.71. The van der Waals surface area contributed by atoms with E-state index in [1.165, 1.54) is 10.6 Å². The minimum absolute atomic E-state index is 0.0280. The van der Waals surface area contributed by atoms with Crippen LogP contribution in [0.5, 0.6) is 0 Å². The summed E-state index contributed by atoms with van der Waals surface area (Å²) in [5, 5.41) is 0. The predicted molar refractivity (Wildman–Crippen MR) is 68.9 cm³/mol. The van der Waals surface area contributed by atoms with Crippen LogP contribution in [0.4, 0.5) is 11.4 Å². The zero-order valence-electron chi connectivity index (χ0n) is 8.71. The first-order chi connectivity index (χ1) is 7.86. The first-order valence-electron chi connectivity index (χ1n) is 5.22. The molecule has 3 heteroatoms. The molecule has 0 saturated heterocycles. The molecule has 3 rings (SSSR count). The smallest absolute Gasteiger partial charge is 0.134 e. The average molecular weight is 228 g/mol. The maximum atomic E-state index is 6.15. The van der Waals surface area contributed by atoms with Gasteiger partial charge in [-0.1, -0.05) is 42.1 Å². The summed E-state index contributed by atoms with van der Waals surface area (Å²) in [4.78, 5) is 3.42. The second-order valence-electron chi connectivity index (χ2n) is 3.68. The minimum atomic E-state index is -0.0280. The topological polar surface area (TPSA) is 29.3 Å². The molecule has 0 aromatic heterocycles. The van der Waals surface area contributed by atoms with Gasteiger partial charge in [-0.25, -0.2) is 0 Å². The highest BCUT2D eigenvalue weighted by molar-refractivity contribution is 8.00. The van der Waals surface area contributed by atoms with Crippen molar-refractivity contribution >= 4 is 23.1 Å². The van der Waals surface area contributed by atoms with Crippen molar-refractivity contribution < 1.29 is 0 Å². The second-order valence-corrected chi connectivity index (χ2v) is 4.84. The molecule has 0 saturated carbocycles. The molecule has 0 radical (unpaired) electrons. The van der Waals surface area contributed by atoms with Gasteiger partial charge in [-0.2, -0.15) is 0 Å². The van der Waals surface area contributed by atoms with Crippen LogP contribution in [0.1, 0.15) is 0 Å². The van der Waals surface area contributed by atoms with Crippen molar-refractivity contribution in [2.75, 3.05) is 4.90 Å². The molecule has 1 heterocycles. The number of nitrogens with two attached hydrogens (primary N) is 1. The van der Waals surface area contributed by atoms with Crippen molar-refractivity contribution in [3.05, 3.63) is 54.6 Å². The molecular weight excluding hydrogens is 216 g/mol. The summed E-state index contributed by atoms with van der Waals surface area (Å²) in [6, 6.07) is 18.6. The molecule has 2 aromatic carbocycles. The highest BCUT2D eigenvalue weighted by atomic mass is 32.2. The van der Waals surface area contributed by atoms with Gasteiger partial charge in [0.2, 0.25) is 0 Å². The molecular formula is C13H12N2S. The van der Waals surface area contributed by atoms with Crippen LogP contribution in [-0.4, -0.2) is 5.50 Å². The fraction of sp³-hybridized carbons (Fsp3) is 0.0769. The lowest BCUT2D eigenvalue weighted by Crippen LogP contribution is -2.31. The molecule has 1 aliphatic rings. The standard InChI is InChI=1S/C13H12N2S/c14-13-15(10-6-2-1-3-7-10)11-8-4-5-9-12(11)16-13/h1-9,13H,14H2. The molecule has 0 bridgehead atoms. The van der Waals surface area contributed by atoms with E-state index in [0.717, 1.165) is 5.69 Å². The lowest BCUT2D eigenvalue weighted by atomic mass is 10.2. The van der Waals surface area contributed by atoms with Gasteiger partial charge >= 0.3 is 0 Å². The lowest BCUT2D eigenvalue weighted by Gasteiger charge is -2.23. The number of hydrogen-bond donors (Lipinski definition) is 1. The number of fused-ring (bicyclic) bond motifs is 1. The summed E-state index contributed by atoms with van der Waals surface area (Å²) in [5.74, 6) is 0. The number of benzene rings is 2. The molecule has 2 nitrogen and oxygen atoms in total. The van der Waals surface area contributed by atoms with Gasteiger partial charge in [0.15, 0.2) is 0 Å². The summed E-state index contributed by atoms with van der Waals surface area (Å²) < 4.78 is 0. The van der Waals surface area contributed by atoms with Crippen LogP contribution in [0.15, 0.2) is 59.5 Å². The van der Waals surface area contributed by atoms with Crippen molar-refractivity contribution in [2.45, 2.75) is 10.4 Å². The largest absolute Gasteiger partial charge is 0.315 e. The quantitative estimate of drug-likeness (QED) is 0.813. The van der Waals surface area contributed by atoms with E-state index in [-0.39, 0.29) is 5.50 Å². The second kappa shape index (κ2) is 3.85.